The van der Waals surface area contributed by atoms with Crippen molar-refractivity contribution < 1.29 is 8.42 Å². The molecule has 2 heterocycles. The highest BCUT2D eigenvalue weighted by Crippen LogP contribution is 2.37. The first-order valence-corrected chi connectivity index (χ1v) is 8.95. The Hall–Kier alpha value is -1.88. The lowest BCUT2D eigenvalue weighted by molar-refractivity contribution is 0.601. The smallest absolute Gasteiger partial charge is 0.179 e. The number of nitrogens with zero attached hydrogens (tertiary/aromatic N) is 2. The summed E-state index contributed by atoms with van der Waals surface area (Å²) in [5, 5.41) is 0. The molecule has 2 aromatic rings. The molecule has 1 aromatic carbocycles. The van der Waals surface area contributed by atoms with Crippen molar-refractivity contribution in [1.82, 2.24) is 4.98 Å². The SMILES string of the molecule is CS(=O)(=O)c1cncc(-c2ccccc2)c1N1CCCC1. The zero-order chi connectivity index (χ0) is 14.9. The number of hydrogen-bond acceptors (Lipinski definition) is 4. The third-order valence-electron chi connectivity index (χ3n) is 3.79. The molecule has 0 aliphatic carbocycles. The van der Waals surface area contributed by atoms with E-state index in [-0.39, 0.29) is 0 Å². The van der Waals surface area contributed by atoms with E-state index < -0.39 is 9.84 Å². The van der Waals surface area contributed by atoms with E-state index in [0.29, 0.717) is 4.90 Å². The fraction of sp³-hybridized carbons (Fsp3) is 0.312. The van der Waals surface area contributed by atoms with Crippen molar-refractivity contribution in [2.45, 2.75) is 17.7 Å². The molecule has 1 fully saturated rings. The highest BCUT2D eigenvalue weighted by molar-refractivity contribution is 7.90. The Balaban J connectivity index is 2.25. The second kappa shape index (κ2) is 5.48. The molecule has 3 rings (SSSR count). The molecule has 0 amide bonds. The molecule has 21 heavy (non-hydrogen) atoms. The van der Waals surface area contributed by atoms with Gasteiger partial charge in [0.15, 0.2) is 9.84 Å². The van der Waals surface area contributed by atoms with Gasteiger partial charge in [-0.2, -0.15) is 0 Å². The Morgan fingerprint density at radius 3 is 2.33 bits per heavy atom. The quantitative estimate of drug-likeness (QED) is 0.875. The first-order chi connectivity index (χ1) is 10.1. The van der Waals surface area contributed by atoms with Crippen LogP contribution < -0.4 is 4.90 Å². The van der Waals surface area contributed by atoms with Gasteiger partial charge in [0.25, 0.3) is 0 Å². The molecule has 1 aliphatic rings. The molecule has 4 nitrogen and oxygen atoms in total. The predicted octanol–water partition coefficient (Wildman–Crippen LogP) is 2.75. The van der Waals surface area contributed by atoms with Gasteiger partial charge in [0.2, 0.25) is 0 Å². The number of anilines is 1. The van der Waals surface area contributed by atoms with Crippen LogP contribution in [0.5, 0.6) is 0 Å². The van der Waals surface area contributed by atoms with Crippen LogP contribution in [0.1, 0.15) is 12.8 Å². The standard InChI is InChI=1S/C16H18N2O2S/c1-21(19,20)15-12-17-11-14(13-7-3-2-4-8-13)16(15)18-9-5-6-10-18/h2-4,7-8,11-12H,5-6,9-10H2,1H3. The van der Waals surface area contributed by atoms with Gasteiger partial charge >= 0.3 is 0 Å². The Bertz CT molecular complexity index is 736. The highest BCUT2D eigenvalue weighted by Gasteiger charge is 2.24. The lowest BCUT2D eigenvalue weighted by Gasteiger charge is -2.23. The zero-order valence-electron chi connectivity index (χ0n) is 12.0. The third-order valence-corrected chi connectivity index (χ3v) is 4.89. The summed E-state index contributed by atoms with van der Waals surface area (Å²) >= 11 is 0. The maximum absolute atomic E-state index is 12.1. The zero-order valence-corrected chi connectivity index (χ0v) is 12.8. The lowest BCUT2D eigenvalue weighted by Crippen LogP contribution is -2.21. The summed E-state index contributed by atoms with van der Waals surface area (Å²) in [5.74, 6) is 0. The van der Waals surface area contributed by atoms with Crippen molar-refractivity contribution in [2.75, 3.05) is 24.2 Å². The molecular formula is C16H18N2O2S. The number of sulfone groups is 1. The topological polar surface area (TPSA) is 50.3 Å². The Kier molecular flexibility index (Phi) is 3.68. The maximum Gasteiger partial charge on any atom is 0.179 e. The number of benzene rings is 1. The molecule has 0 unspecified atom stereocenters. The molecule has 0 spiro atoms. The largest absolute Gasteiger partial charge is 0.370 e. The van der Waals surface area contributed by atoms with Gasteiger partial charge in [0.05, 0.1) is 5.69 Å². The molecule has 5 heteroatoms. The number of aromatic nitrogens is 1. The van der Waals surface area contributed by atoms with Gasteiger partial charge in [-0.3, -0.25) is 4.98 Å². The lowest BCUT2D eigenvalue weighted by atomic mass is 10.1. The van der Waals surface area contributed by atoms with Crippen molar-refractivity contribution in [3.63, 3.8) is 0 Å². The average Bonchev–Trinajstić information content (AvgIpc) is 3.00. The van der Waals surface area contributed by atoms with Crippen molar-refractivity contribution in [2.24, 2.45) is 0 Å². The second-order valence-corrected chi connectivity index (χ2v) is 7.35. The van der Waals surface area contributed by atoms with E-state index in [1.165, 1.54) is 12.5 Å². The van der Waals surface area contributed by atoms with Crippen LogP contribution in [0.15, 0.2) is 47.6 Å². The fourth-order valence-electron chi connectivity index (χ4n) is 2.80. The summed E-state index contributed by atoms with van der Waals surface area (Å²) in [5.41, 5.74) is 2.69. The van der Waals surface area contributed by atoms with Gasteiger partial charge in [-0.25, -0.2) is 8.42 Å². The van der Waals surface area contributed by atoms with Gasteiger partial charge in [0.1, 0.15) is 4.90 Å². The highest BCUT2D eigenvalue weighted by atomic mass is 32.2. The van der Waals surface area contributed by atoms with Crippen LogP contribution >= 0.6 is 0 Å². The minimum Gasteiger partial charge on any atom is -0.370 e. The van der Waals surface area contributed by atoms with Gasteiger partial charge < -0.3 is 4.90 Å². The van der Waals surface area contributed by atoms with E-state index in [4.69, 9.17) is 0 Å². The Morgan fingerprint density at radius 1 is 1.05 bits per heavy atom. The molecule has 0 atom stereocenters. The van der Waals surface area contributed by atoms with Crippen LogP contribution in [-0.2, 0) is 9.84 Å². The minimum absolute atomic E-state index is 0.325. The van der Waals surface area contributed by atoms with Gasteiger partial charge in [-0.05, 0) is 18.4 Å². The minimum atomic E-state index is -3.31. The van der Waals surface area contributed by atoms with Crippen LogP contribution in [-0.4, -0.2) is 32.7 Å². The summed E-state index contributed by atoms with van der Waals surface area (Å²) in [6.45, 7) is 1.79. The first kappa shape index (κ1) is 14.1. The average molecular weight is 302 g/mol. The summed E-state index contributed by atoms with van der Waals surface area (Å²) in [4.78, 5) is 6.65. The van der Waals surface area contributed by atoms with Crippen LogP contribution in [0.2, 0.25) is 0 Å². The van der Waals surface area contributed by atoms with E-state index in [1.54, 1.807) is 6.20 Å². The van der Waals surface area contributed by atoms with Crippen LogP contribution in [0.4, 0.5) is 5.69 Å². The van der Waals surface area contributed by atoms with Gasteiger partial charge in [-0.15, -0.1) is 0 Å². The monoisotopic (exact) mass is 302 g/mol. The summed E-state index contributed by atoms with van der Waals surface area (Å²) in [7, 11) is -3.31. The predicted molar refractivity (Wildman–Crippen MR) is 84.2 cm³/mol. The number of rotatable bonds is 3. The van der Waals surface area contributed by atoms with Crippen LogP contribution in [0.25, 0.3) is 11.1 Å². The van der Waals surface area contributed by atoms with E-state index in [2.05, 4.69) is 9.88 Å². The Labute approximate surface area is 125 Å². The van der Waals surface area contributed by atoms with Crippen LogP contribution in [0.3, 0.4) is 0 Å². The van der Waals surface area contributed by atoms with Gasteiger partial charge in [0, 0.05) is 37.3 Å². The maximum atomic E-state index is 12.1. The van der Waals surface area contributed by atoms with E-state index >= 15 is 0 Å². The van der Waals surface area contributed by atoms with Gasteiger partial charge in [-0.1, -0.05) is 30.3 Å². The van der Waals surface area contributed by atoms with Crippen molar-refractivity contribution in [1.29, 1.82) is 0 Å². The molecule has 0 bridgehead atoms. The summed E-state index contributed by atoms with van der Waals surface area (Å²) < 4.78 is 24.3. The second-order valence-electron chi connectivity index (χ2n) is 5.37. The molecule has 0 saturated carbocycles. The normalized spacial score (nSPS) is 15.4. The van der Waals surface area contributed by atoms with Crippen molar-refractivity contribution in [3.05, 3.63) is 42.7 Å². The summed E-state index contributed by atoms with van der Waals surface area (Å²) in [6.07, 6.45) is 6.67. The first-order valence-electron chi connectivity index (χ1n) is 7.06. The molecule has 1 saturated heterocycles. The molecule has 1 aromatic heterocycles. The van der Waals surface area contributed by atoms with E-state index in [1.807, 2.05) is 30.3 Å². The number of pyridine rings is 1. The molecule has 0 N–H and O–H groups in total. The molecule has 110 valence electrons. The molecule has 1 aliphatic heterocycles. The Morgan fingerprint density at radius 2 is 1.71 bits per heavy atom. The number of hydrogen-bond donors (Lipinski definition) is 0. The van der Waals surface area contributed by atoms with Crippen molar-refractivity contribution >= 4 is 15.5 Å². The van der Waals surface area contributed by atoms with E-state index in [9.17, 15) is 8.42 Å². The van der Waals surface area contributed by atoms with E-state index in [0.717, 1.165) is 42.7 Å². The fourth-order valence-corrected chi connectivity index (χ4v) is 3.64. The molecule has 0 radical (unpaired) electrons. The summed E-state index contributed by atoms with van der Waals surface area (Å²) in [6, 6.07) is 9.84. The van der Waals surface area contributed by atoms with Crippen LogP contribution in [0, 0.1) is 0 Å². The third kappa shape index (κ3) is 2.78. The molecular weight excluding hydrogens is 284 g/mol. The van der Waals surface area contributed by atoms with Crippen molar-refractivity contribution in [3.8, 4) is 11.1 Å².